The first kappa shape index (κ1) is 44.1. The molecule has 0 radical (unpaired) electrons. The summed E-state index contributed by atoms with van der Waals surface area (Å²) in [5.74, 6) is 0.168. The van der Waals surface area contributed by atoms with Crippen molar-refractivity contribution in [2.24, 2.45) is 0 Å². The van der Waals surface area contributed by atoms with Crippen molar-refractivity contribution in [3.63, 3.8) is 0 Å². The zero-order valence-corrected chi connectivity index (χ0v) is 38.2. The van der Waals surface area contributed by atoms with Crippen LogP contribution in [-0.4, -0.2) is 71.7 Å². The molecule has 1 fully saturated rings. The fourth-order valence-electron chi connectivity index (χ4n) is 7.97. The van der Waals surface area contributed by atoms with E-state index >= 15 is 0 Å². The van der Waals surface area contributed by atoms with Crippen molar-refractivity contribution < 1.29 is 28.2 Å². The molecule has 13 heteroatoms. The number of nitrogens with zero attached hydrogens (tertiary/aromatic N) is 4. The maximum Gasteiger partial charge on any atom is 0.338 e. The number of benzene rings is 5. The van der Waals surface area contributed by atoms with Gasteiger partial charge in [0, 0.05) is 5.56 Å². The molecule has 5 aromatic carbocycles. The first-order valence-corrected chi connectivity index (χ1v) is 24.3. The van der Waals surface area contributed by atoms with Gasteiger partial charge in [0.05, 0.1) is 30.6 Å². The molecule has 2 aromatic heterocycles. The summed E-state index contributed by atoms with van der Waals surface area (Å²) < 4.78 is 28.4. The lowest BCUT2D eigenvalue weighted by atomic mass is 9.76. The number of rotatable bonds is 14. The zero-order chi connectivity index (χ0) is 45.1. The Kier molecular flexibility index (Phi) is 12.6. The fraction of sp³-hybridized carbons (Fsp3) is 0.275. The number of aryl methyl sites for hydroxylation is 1. The molecule has 7 aromatic rings. The summed E-state index contributed by atoms with van der Waals surface area (Å²) in [5, 5.41) is 6.89. The number of aromatic nitrogens is 4. The summed E-state index contributed by atoms with van der Waals surface area (Å²) >= 11 is 0. The number of nitrogens with one attached hydrogen (secondary N) is 2. The molecule has 1 aliphatic rings. The number of anilines is 1. The summed E-state index contributed by atoms with van der Waals surface area (Å²) in [5.41, 5.74) is 4.62. The van der Waals surface area contributed by atoms with Crippen molar-refractivity contribution in [3.8, 4) is 5.75 Å². The Bertz CT molecular complexity index is 2650. The van der Waals surface area contributed by atoms with Crippen molar-refractivity contribution in [2.45, 2.75) is 75.8 Å². The molecule has 0 bridgehead atoms. The van der Waals surface area contributed by atoms with E-state index < -0.39 is 44.3 Å². The molecular weight excluding hydrogens is 821 g/mol. The Morgan fingerprint density at radius 1 is 0.750 bits per heavy atom. The molecule has 2 N–H and O–H groups in total. The third kappa shape index (κ3) is 8.84. The normalized spacial score (nSPS) is 17.9. The molecule has 3 heterocycles. The highest BCUT2D eigenvalue weighted by Crippen LogP contribution is 2.46. The lowest BCUT2D eigenvalue weighted by Gasteiger charge is -2.44. The molecule has 0 saturated carbocycles. The average molecular weight is 875 g/mol. The van der Waals surface area contributed by atoms with Crippen LogP contribution in [0.1, 0.15) is 70.0 Å². The van der Waals surface area contributed by atoms with Gasteiger partial charge < -0.3 is 24.0 Å². The molecular formula is C51H54N6O6Si. The SMILES string of the molecule is COc1ccc(C(N[C@H]2[C@@H](O[Si](C)(C)C(C)(C)C)[C@H](n3cnc4c(NC(=O)c5ccccc5)ncnc43)O[C@@H]2COC(=O)c2ccc(C)cc2)(c2ccccc2)c2ccccc2)cc1. The molecule has 0 spiro atoms. The van der Waals surface area contributed by atoms with Gasteiger partial charge in [-0.05, 0) is 78.1 Å². The third-order valence-corrected chi connectivity index (χ3v) is 16.9. The summed E-state index contributed by atoms with van der Waals surface area (Å²) in [4.78, 5) is 41.1. The van der Waals surface area contributed by atoms with Crippen LogP contribution in [0.2, 0.25) is 18.1 Å². The molecule has 0 unspecified atom stereocenters. The van der Waals surface area contributed by atoms with Crippen molar-refractivity contribution in [1.82, 2.24) is 24.8 Å². The van der Waals surface area contributed by atoms with E-state index in [0.29, 0.717) is 22.3 Å². The van der Waals surface area contributed by atoms with Gasteiger partial charge in [-0.2, -0.15) is 0 Å². The first-order chi connectivity index (χ1) is 30.8. The number of esters is 1. The van der Waals surface area contributed by atoms with Crippen LogP contribution in [0.4, 0.5) is 5.82 Å². The number of hydrogen-bond acceptors (Lipinski definition) is 10. The van der Waals surface area contributed by atoms with Crippen molar-refractivity contribution in [2.75, 3.05) is 19.0 Å². The zero-order valence-electron chi connectivity index (χ0n) is 37.2. The molecule has 0 aliphatic carbocycles. The van der Waals surface area contributed by atoms with Crippen LogP contribution in [0.25, 0.3) is 11.2 Å². The standard InChI is InChI=1S/C51H54N6O6Si/c1-34-23-25-36(26-24-34)49(59)61-31-41-42(56-51(37-19-13-9-14-20-37,38-21-15-10-16-22-38)39-27-29-40(60-5)30-28-39)44(63-64(6,7)50(2,3)4)48(62-41)57-33-54-43-45(52-32-53-46(43)57)55-47(58)35-17-11-8-12-18-35/h8-30,32-33,41-42,44,48,56H,31H2,1-7H3,(H,52,53,55,58)/t41-,42-,44-,48-/m1/s1. The number of carbonyl (C=O) groups excluding carboxylic acids is 2. The summed E-state index contributed by atoms with van der Waals surface area (Å²) in [6.07, 6.45) is 0.731. The summed E-state index contributed by atoms with van der Waals surface area (Å²) in [7, 11) is -0.976. The van der Waals surface area contributed by atoms with E-state index in [1.165, 1.54) is 6.33 Å². The van der Waals surface area contributed by atoms with E-state index in [9.17, 15) is 9.59 Å². The van der Waals surface area contributed by atoms with Crippen LogP contribution >= 0.6 is 0 Å². The first-order valence-electron chi connectivity index (χ1n) is 21.4. The Labute approximate surface area is 375 Å². The largest absolute Gasteiger partial charge is 0.497 e. The van der Waals surface area contributed by atoms with E-state index in [1.807, 2.05) is 78.2 Å². The highest BCUT2D eigenvalue weighted by atomic mass is 28.4. The average Bonchev–Trinajstić information content (AvgIpc) is 3.89. The minimum Gasteiger partial charge on any atom is -0.497 e. The molecule has 328 valence electrons. The van der Waals surface area contributed by atoms with E-state index in [-0.39, 0.29) is 23.4 Å². The second-order valence-corrected chi connectivity index (χ2v) is 22.4. The number of fused-ring (bicyclic) bond motifs is 1. The van der Waals surface area contributed by atoms with Crippen molar-refractivity contribution >= 4 is 37.2 Å². The van der Waals surface area contributed by atoms with E-state index in [4.69, 9.17) is 28.6 Å². The Morgan fingerprint density at radius 2 is 1.34 bits per heavy atom. The molecule has 12 nitrogen and oxygen atoms in total. The smallest absolute Gasteiger partial charge is 0.338 e. The fourth-order valence-corrected chi connectivity index (χ4v) is 9.26. The number of amides is 1. The predicted octanol–water partition coefficient (Wildman–Crippen LogP) is 9.49. The Balaban J connectivity index is 1.30. The van der Waals surface area contributed by atoms with Gasteiger partial charge in [0.15, 0.2) is 31.5 Å². The molecule has 8 rings (SSSR count). The van der Waals surface area contributed by atoms with E-state index in [2.05, 4.69) is 85.9 Å². The quantitative estimate of drug-likeness (QED) is 0.0618. The van der Waals surface area contributed by atoms with Gasteiger partial charge in [0.25, 0.3) is 5.91 Å². The second-order valence-electron chi connectivity index (χ2n) is 17.6. The van der Waals surface area contributed by atoms with Gasteiger partial charge in [-0.15, -0.1) is 0 Å². The summed E-state index contributed by atoms with van der Waals surface area (Å²) in [6, 6.07) is 44.2. The number of carbonyl (C=O) groups is 2. The Morgan fingerprint density at radius 3 is 1.94 bits per heavy atom. The number of hydrogen-bond donors (Lipinski definition) is 2. The maximum atomic E-state index is 13.8. The van der Waals surface area contributed by atoms with Gasteiger partial charge >= 0.3 is 5.97 Å². The van der Waals surface area contributed by atoms with E-state index in [1.54, 1.807) is 49.8 Å². The highest BCUT2D eigenvalue weighted by Gasteiger charge is 2.54. The van der Waals surface area contributed by atoms with Crippen LogP contribution < -0.4 is 15.4 Å². The minimum atomic E-state index is -2.63. The van der Waals surface area contributed by atoms with Gasteiger partial charge in [0.1, 0.15) is 30.9 Å². The minimum absolute atomic E-state index is 0.111. The number of methoxy groups -OCH3 is 1. The third-order valence-electron chi connectivity index (χ3n) is 12.5. The van der Waals surface area contributed by atoms with Crippen LogP contribution in [0, 0.1) is 6.92 Å². The molecule has 1 aliphatic heterocycles. The molecule has 1 saturated heterocycles. The lowest BCUT2D eigenvalue weighted by molar-refractivity contribution is -0.0516. The van der Waals surface area contributed by atoms with Gasteiger partial charge in [0.2, 0.25) is 0 Å². The van der Waals surface area contributed by atoms with Gasteiger partial charge in [-0.3, -0.25) is 14.7 Å². The summed E-state index contributed by atoms with van der Waals surface area (Å²) in [6.45, 7) is 12.9. The maximum absolute atomic E-state index is 13.8. The van der Waals surface area contributed by atoms with E-state index in [0.717, 1.165) is 28.0 Å². The highest BCUT2D eigenvalue weighted by molar-refractivity contribution is 6.74. The van der Waals surface area contributed by atoms with Crippen LogP contribution in [0.3, 0.4) is 0 Å². The van der Waals surface area contributed by atoms with Crippen LogP contribution in [0.15, 0.2) is 152 Å². The number of imidazole rings is 1. The van der Waals surface area contributed by atoms with Gasteiger partial charge in [-0.25, -0.2) is 19.7 Å². The second kappa shape index (κ2) is 18.3. The van der Waals surface area contributed by atoms with Gasteiger partial charge in [-0.1, -0.05) is 129 Å². The monoisotopic (exact) mass is 874 g/mol. The molecule has 1 amide bonds. The van der Waals surface area contributed by atoms with Crippen molar-refractivity contribution in [3.05, 3.63) is 186 Å². The predicted molar refractivity (Wildman–Crippen MR) is 250 cm³/mol. The Hall–Kier alpha value is -6.51. The van der Waals surface area contributed by atoms with Crippen molar-refractivity contribution in [1.29, 1.82) is 0 Å². The van der Waals surface area contributed by atoms with Crippen LogP contribution in [-0.2, 0) is 19.4 Å². The number of ether oxygens (including phenoxy) is 3. The lowest BCUT2D eigenvalue weighted by Crippen LogP contribution is -2.59. The molecule has 64 heavy (non-hydrogen) atoms. The molecule has 4 atom stereocenters. The topological polar surface area (TPSA) is 139 Å². The van der Waals surface area contributed by atoms with Crippen LogP contribution in [0.5, 0.6) is 5.75 Å².